The second kappa shape index (κ2) is 9.30. The van der Waals surface area contributed by atoms with E-state index < -0.39 is 15.2 Å². The molecule has 3 aromatic rings. The maximum atomic E-state index is 12.5. The minimum absolute atomic E-state index is 0.140. The molecular formula is C21H28N8O3S2. The Labute approximate surface area is 202 Å². The minimum atomic E-state index is -3.25. The van der Waals surface area contributed by atoms with E-state index in [1.807, 2.05) is 17.9 Å². The van der Waals surface area contributed by atoms with Gasteiger partial charge in [-0.2, -0.15) is 0 Å². The number of piperazine rings is 1. The summed E-state index contributed by atoms with van der Waals surface area (Å²) in [5, 5.41) is 2.71. The fraction of sp³-hybridized carbons (Fsp3) is 0.524. The lowest BCUT2D eigenvalue weighted by molar-refractivity contribution is 0.122. The smallest absolute Gasteiger partial charge is 0.219 e. The lowest BCUT2D eigenvalue weighted by atomic mass is 10.2. The number of hydrogen-bond donors (Lipinski definition) is 2. The van der Waals surface area contributed by atoms with Crippen molar-refractivity contribution in [3.05, 3.63) is 23.3 Å². The molecule has 34 heavy (non-hydrogen) atoms. The summed E-state index contributed by atoms with van der Waals surface area (Å²) in [6.07, 6.45) is 4.56. The Hall–Kier alpha value is -2.45. The molecule has 2 fully saturated rings. The van der Waals surface area contributed by atoms with Crippen molar-refractivity contribution >= 4 is 43.2 Å². The summed E-state index contributed by atoms with van der Waals surface area (Å²) in [6, 6.07) is 1.90. The van der Waals surface area contributed by atoms with Gasteiger partial charge in [-0.15, -0.1) is 11.3 Å². The summed E-state index contributed by atoms with van der Waals surface area (Å²) in [5.41, 5.74) is 7.16. The Balaban J connectivity index is 1.55. The molecule has 2 unspecified atom stereocenters. The number of fused-ring (bicyclic) bond motifs is 1. The van der Waals surface area contributed by atoms with Crippen molar-refractivity contribution in [2.75, 3.05) is 56.3 Å². The molecule has 2 atom stereocenters. The highest BCUT2D eigenvalue weighted by Gasteiger charge is 2.36. The number of anilines is 2. The summed E-state index contributed by atoms with van der Waals surface area (Å²) in [5.74, 6) is 1.58. The van der Waals surface area contributed by atoms with Gasteiger partial charge in [-0.05, 0) is 13.0 Å². The molecule has 0 amide bonds. The molecule has 11 nitrogen and oxygen atoms in total. The molecule has 182 valence electrons. The van der Waals surface area contributed by atoms with Crippen molar-refractivity contribution in [3.8, 4) is 11.4 Å². The van der Waals surface area contributed by atoms with Crippen molar-refractivity contribution < 1.29 is 13.2 Å². The number of nitrogen functional groups attached to an aromatic ring is 1. The van der Waals surface area contributed by atoms with Gasteiger partial charge >= 0.3 is 0 Å². The van der Waals surface area contributed by atoms with Gasteiger partial charge in [0.25, 0.3) is 0 Å². The van der Waals surface area contributed by atoms with Crippen LogP contribution in [0.1, 0.15) is 11.8 Å². The predicted octanol–water partition coefficient (Wildman–Crippen LogP) is 0.732. The third-order valence-corrected chi connectivity index (χ3v) is 8.78. The number of thiophene rings is 1. The van der Waals surface area contributed by atoms with Crippen molar-refractivity contribution in [1.29, 1.82) is 0 Å². The van der Waals surface area contributed by atoms with Gasteiger partial charge in [0.1, 0.15) is 5.37 Å². The van der Waals surface area contributed by atoms with Gasteiger partial charge in [0, 0.05) is 62.3 Å². The van der Waals surface area contributed by atoms with Crippen molar-refractivity contribution in [2.45, 2.75) is 24.9 Å². The molecule has 3 aromatic heterocycles. The van der Waals surface area contributed by atoms with Crippen LogP contribution < -0.4 is 16.0 Å². The van der Waals surface area contributed by atoms with Crippen LogP contribution in [0.3, 0.4) is 0 Å². The zero-order chi connectivity index (χ0) is 23.9. The molecular weight excluding hydrogens is 476 g/mol. The first-order valence-corrected chi connectivity index (χ1v) is 13.9. The van der Waals surface area contributed by atoms with Gasteiger partial charge in [0.15, 0.2) is 21.5 Å². The number of nitrogens with zero attached hydrogens (tertiary/aromatic N) is 6. The highest BCUT2D eigenvalue weighted by Crippen LogP contribution is 2.35. The highest BCUT2D eigenvalue weighted by atomic mass is 32.2. The molecule has 3 N–H and O–H groups in total. The molecule has 2 aliphatic heterocycles. The first kappa shape index (κ1) is 23.3. The average molecular weight is 505 g/mol. The second-order valence-corrected chi connectivity index (χ2v) is 11.9. The number of nitrogens with two attached hydrogens (primary N) is 1. The molecule has 5 heterocycles. The summed E-state index contributed by atoms with van der Waals surface area (Å²) < 4.78 is 31.5. The lowest BCUT2D eigenvalue weighted by Crippen LogP contribution is -2.59. The zero-order valence-electron chi connectivity index (χ0n) is 19.1. The Morgan fingerprint density at radius 3 is 2.65 bits per heavy atom. The standard InChI is InChI=1S/C21H28N8O3S2/c1-13-20(34(2,30)31)29(4-3-23-13)12-15-9-16-17(33-15)19(28-5-7-32-8-6-28)27-18(26-16)14-10-24-21(22)25-11-14/h9-11,13,20,23H,3-8,12H2,1-2H3,(H2,22,24,25). The van der Waals surface area contributed by atoms with Gasteiger partial charge in [-0.3, -0.25) is 4.90 Å². The summed E-state index contributed by atoms with van der Waals surface area (Å²) in [4.78, 5) is 23.1. The third-order valence-electron chi connectivity index (χ3n) is 6.10. The number of hydrogen-bond acceptors (Lipinski definition) is 12. The topological polar surface area (TPSA) is 139 Å². The van der Waals surface area contributed by atoms with E-state index in [0.717, 1.165) is 40.5 Å². The quantitative estimate of drug-likeness (QED) is 0.508. The summed E-state index contributed by atoms with van der Waals surface area (Å²) in [7, 11) is -3.25. The maximum Gasteiger partial charge on any atom is 0.219 e. The lowest BCUT2D eigenvalue weighted by Gasteiger charge is -2.39. The Bertz CT molecular complexity index is 1280. The summed E-state index contributed by atoms with van der Waals surface area (Å²) >= 11 is 1.62. The maximum absolute atomic E-state index is 12.5. The van der Waals surface area contributed by atoms with E-state index in [9.17, 15) is 8.42 Å². The van der Waals surface area contributed by atoms with Gasteiger partial charge in [0.2, 0.25) is 5.95 Å². The SMILES string of the molecule is CC1NCCN(Cc2cc3nc(-c4cnc(N)nc4)nc(N4CCOCC4)c3s2)C1S(C)(=O)=O. The second-order valence-electron chi connectivity index (χ2n) is 8.66. The van der Waals surface area contributed by atoms with Crippen LogP contribution in [-0.2, 0) is 21.1 Å². The largest absolute Gasteiger partial charge is 0.378 e. The first-order chi connectivity index (χ1) is 16.3. The third kappa shape index (κ3) is 4.70. The van der Waals surface area contributed by atoms with Gasteiger partial charge in [-0.1, -0.05) is 0 Å². The van der Waals surface area contributed by atoms with Crippen LogP contribution in [0.15, 0.2) is 18.5 Å². The number of aromatic nitrogens is 4. The average Bonchev–Trinajstić information content (AvgIpc) is 3.21. The van der Waals surface area contributed by atoms with E-state index in [-0.39, 0.29) is 12.0 Å². The van der Waals surface area contributed by atoms with E-state index in [2.05, 4.69) is 20.2 Å². The van der Waals surface area contributed by atoms with Crippen LogP contribution in [0.4, 0.5) is 11.8 Å². The number of rotatable bonds is 5. The highest BCUT2D eigenvalue weighted by molar-refractivity contribution is 7.91. The van der Waals surface area contributed by atoms with E-state index >= 15 is 0 Å². The van der Waals surface area contributed by atoms with Crippen LogP contribution in [0.25, 0.3) is 21.6 Å². The van der Waals surface area contributed by atoms with Crippen molar-refractivity contribution in [1.82, 2.24) is 30.2 Å². The summed E-state index contributed by atoms with van der Waals surface area (Å²) in [6.45, 7) is 6.62. The van der Waals surface area contributed by atoms with Crippen LogP contribution in [0.5, 0.6) is 0 Å². The van der Waals surface area contributed by atoms with Crippen molar-refractivity contribution in [3.63, 3.8) is 0 Å². The molecule has 2 saturated heterocycles. The van der Waals surface area contributed by atoms with Crippen molar-refractivity contribution in [2.24, 2.45) is 0 Å². The fourth-order valence-electron chi connectivity index (χ4n) is 4.61. The first-order valence-electron chi connectivity index (χ1n) is 11.2. The molecule has 0 radical (unpaired) electrons. The monoisotopic (exact) mass is 504 g/mol. The van der Waals surface area contributed by atoms with Gasteiger partial charge in [-0.25, -0.2) is 28.4 Å². The molecule has 5 rings (SSSR count). The molecule has 0 spiro atoms. The normalized spacial score (nSPS) is 22.4. The Morgan fingerprint density at radius 2 is 1.94 bits per heavy atom. The number of sulfone groups is 1. The van der Waals surface area contributed by atoms with Crippen LogP contribution >= 0.6 is 11.3 Å². The minimum Gasteiger partial charge on any atom is -0.378 e. The zero-order valence-corrected chi connectivity index (χ0v) is 20.8. The predicted molar refractivity (Wildman–Crippen MR) is 132 cm³/mol. The molecule has 0 bridgehead atoms. The van der Waals surface area contributed by atoms with Crippen LogP contribution in [0.2, 0.25) is 0 Å². The van der Waals surface area contributed by atoms with Gasteiger partial charge in [0.05, 0.1) is 29.0 Å². The van der Waals surface area contributed by atoms with E-state index in [1.54, 1.807) is 23.7 Å². The van der Waals surface area contributed by atoms with E-state index in [1.165, 1.54) is 6.26 Å². The Morgan fingerprint density at radius 1 is 1.21 bits per heavy atom. The van der Waals surface area contributed by atoms with E-state index in [4.69, 9.17) is 20.4 Å². The number of ether oxygens (including phenoxy) is 1. The molecule has 13 heteroatoms. The van der Waals surface area contributed by atoms with E-state index in [0.29, 0.717) is 37.7 Å². The fourth-order valence-corrected chi connectivity index (χ4v) is 7.30. The number of nitrogens with one attached hydrogen (secondary N) is 1. The van der Waals surface area contributed by atoms with Crippen LogP contribution in [-0.4, -0.2) is 90.3 Å². The Kier molecular flexibility index (Phi) is 6.37. The molecule has 0 aromatic carbocycles. The molecule has 0 saturated carbocycles. The van der Waals surface area contributed by atoms with Crippen LogP contribution in [0, 0.1) is 0 Å². The van der Waals surface area contributed by atoms with Gasteiger partial charge < -0.3 is 20.7 Å². The molecule has 2 aliphatic rings. The molecule has 0 aliphatic carbocycles. The number of morpholine rings is 1.